The first kappa shape index (κ1) is 23.6. The SMILES string of the molecule is Cc1c(O)c(O)c(O)c(-c2ccccc2-c2c3ccccc3c(Br)c3c(O)c(C)c(C)c(O)c23)c1O. The van der Waals surface area contributed by atoms with Crippen LogP contribution >= 0.6 is 15.9 Å². The van der Waals surface area contributed by atoms with Gasteiger partial charge in [0.05, 0.1) is 5.56 Å². The first-order valence-electron chi connectivity index (χ1n) is 11.2. The Bertz CT molecular complexity index is 1710. The van der Waals surface area contributed by atoms with Gasteiger partial charge < -0.3 is 30.6 Å². The lowest BCUT2D eigenvalue weighted by atomic mass is 9.85. The summed E-state index contributed by atoms with van der Waals surface area (Å²) in [7, 11) is 0. The minimum atomic E-state index is -0.743. The topological polar surface area (TPSA) is 121 Å². The van der Waals surface area contributed by atoms with Gasteiger partial charge in [0, 0.05) is 26.4 Å². The minimum absolute atomic E-state index is 0.00488. The lowest BCUT2D eigenvalue weighted by molar-refractivity contribution is 0.360. The smallest absolute Gasteiger partial charge is 0.201 e. The van der Waals surface area contributed by atoms with Gasteiger partial charge in [-0.05, 0) is 69.7 Å². The van der Waals surface area contributed by atoms with E-state index in [0.717, 1.165) is 10.8 Å². The predicted octanol–water partition coefficient (Wildman–Crippen LogP) is 7.25. The zero-order valence-electron chi connectivity index (χ0n) is 19.7. The number of hydrogen-bond acceptors (Lipinski definition) is 6. The van der Waals surface area contributed by atoms with E-state index in [9.17, 15) is 30.6 Å². The number of benzene rings is 5. The van der Waals surface area contributed by atoms with Gasteiger partial charge in [-0.2, -0.15) is 0 Å². The van der Waals surface area contributed by atoms with Crippen molar-refractivity contribution in [3.63, 3.8) is 0 Å². The Kier molecular flexibility index (Phi) is 5.41. The summed E-state index contributed by atoms with van der Waals surface area (Å²) in [6.07, 6.45) is 0. The fraction of sp³-hybridized carbons (Fsp3) is 0.103. The first-order valence-corrected chi connectivity index (χ1v) is 12.0. The van der Waals surface area contributed by atoms with Crippen molar-refractivity contribution in [2.24, 2.45) is 0 Å². The van der Waals surface area contributed by atoms with Gasteiger partial charge in [0.2, 0.25) is 5.75 Å². The van der Waals surface area contributed by atoms with E-state index in [1.165, 1.54) is 6.92 Å². The molecule has 0 aliphatic rings. The van der Waals surface area contributed by atoms with Gasteiger partial charge in [-0.3, -0.25) is 0 Å². The van der Waals surface area contributed by atoms with Crippen LogP contribution in [-0.4, -0.2) is 30.6 Å². The fourth-order valence-corrected chi connectivity index (χ4v) is 5.59. The molecular weight excluding hydrogens is 524 g/mol. The molecule has 6 nitrogen and oxygen atoms in total. The molecule has 7 heteroatoms. The molecule has 0 aromatic heterocycles. The molecule has 0 saturated carbocycles. The summed E-state index contributed by atoms with van der Waals surface area (Å²) in [4.78, 5) is 0. The van der Waals surface area contributed by atoms with Crippen LogP contribution in [-0.2, 0) is 0 Å². The summed E-state index contributed by atoms with van der Waals surface area (Å²) in [5.41, 5.74) is 2.46. The second-order valence-electron chi connectivity index (χ2n) is 8.87. The van der Waals surface area contributed by atoms with Crippen LogP contribution in [0.4, 0.5) is 0 Å². The number of aromatic hydroxyl groups is 6. The summed E-state index contributed by atoms with van der Waals surface area (Å²) in [5, 5.41) is 67.1. The third-order valence-corrected chi connectivity index (χ3v) is 7.82. The third kappa shape index (κ3) is 3.09. The van der Waals surface area contributed by atoms with E-state index in [1.54, 1.807) is 38.1 Å². The Morgan fingerprint density at radius 3 is 1.58 bits per heavy atom. The van der Waals surface area contributed by atoms with Crippen LogP contribution in [0.2, 0.25) is 0 Å². The van der Waals surface area contributed by atoms with Crippen molar-refractivity contribution >= 4 is 37.5 Å². The fourth-order valence-electron chi connectivity index (χ4n) is 4.86. The van der Waals surface area contributed by atoms with Crippen LogP contribution in [0.25, 0.3) is 43.8 Å². The van der Waals surface area contributed by atoms with E-state index in [4.69, 9.17) is 0 Å². The van der Waals surface area contributed by atoms with Crippen molar-refractivity contribution in [2.75, 3.05) is 0 Å². The molecule has 5 rings (SSSR count). The average Bonchev–Trinajstić information content (AvgIpc) is 2.89. The largest absolute Gasteiger partial charge is 0.507 e. The second-order valence-corrected chi connectivity index (χ2v) is 9.66. The molecule has 0 amide bonds. The van der Waals surface area contributed by atoms with Gasteiger partial charge in [0.25, 0.3) is 0 Å². The van der Waals surface area contributed by atoms with Gasteiger partial charge in [-0.1, -0.05) is 48.5 Å². The molecule has 0 unspecified atom stereocenters. The quantitative estimate of drug-likeness (QED) is 0.0787. The molecule has 5 aromatic carbocycles. The van der Waals surface area contributed by atoms with Crippen molar-refractivity contribution in [1.29, 1.82) is 0 Å². The number of halogens is 1. The number of hydrogen-bond donors (Lipinski definition) is 6. The third-order valence-electron chi connectivity index (χ3n) is 7.00. The van der Waals surface area contributed by atoms with Crippen LogP contribution in [0.5, 0.6) is 34.5 Å². The zero-order chi connectivity index (χ0) is 26.0. The molecule has 0 saturated heterocycles. The summed E-state index contributed by atoms with van der Waals surface area (Å²) in [6, 6.07) is 14.4. The van der Waals surface area contributed by atoms with Crippen molar-refractivity contribution in [3.8, 4) is 56.8 Å². The van der Waals surface area contributed by atoms with Crippen LogP contribution in [0.15, 0.2) is 53.0 Å². The molecule has 182 valence electrons. The Labute approximate surface area is 215 Å². The first-order chi connectivity index (χ1) is 17.1. The molecule has 0 radical (unpaired) electrons. The van der Waals surface area contributed by atoms with E-state index < -0.39 is 17.2 Å². The Balaban J connectivity index is 2.06. The molecule has 0 fully saturated rings. The summed E-state index contributed by atoms with van der Waals surface area (Å²) >= 11 is 3.63. The summed E-state index contributed by atoms with van der Waals surface area (Å²) < 4.78 is 0.619. The lowest BCUT2D eigenvalue weighted by Crippen LogP contribution is -1.95. The predicted molar refractivity (Wildman–Crippen MR) is 144 cm³/mol. The molecular formula is C29H23BrO6. The highest BCUT2D eigenvalue weighted by Gasteiger charge is 2.27. The van der Waals surface area contributed by atoms with Gasteiger partial charge >= 0.3 is 0 Å². The Morgan fingerprint density at radius 2 is 0.972 bits per heavy atom. The highest BCUT2D eigenvalue weighted by atomic mass is 79.9. The molecule has 0 aliphatic carbocycles. The molecule has 0 heterocycles. The number of phenols is 6. The van der Waals surface area contributed by atoms with Crippen LogP contribution in [0.1, 0.15) is 16.7 Å². The monoisotopic (exact) mass is 546 g/mol. The van der Waals surface area contributed by atoms with E-state index in [0.29, 0.717) is 43.1 Å². The maximum absolute atomic E-state index is 11.4. The molecule has 0 bridgehead atoms. The zero-order valence-corrected chi connectivity index (χ0v) is 21.3. The maximum atomic E-state index is 11.4. The highest BCUT2D eigenvalue weighted by Crippen LogP contribution is 2.56. The summed E-state index contributed by atoms with van der Waals surface area (Å²) in [5.74, 6) is -2.39. The Morgan fingerprint density at radius 1 is 0.472 bits per heavy atom. The molecule has 0 spiro atoms. The van der Waals surface area contributed by atoms with Crippen LogP contribution < -0.4 is 0 Å². The Hall–Kier alpha value is -4.10. The standard InChI is InChI=1S/C29H23BrO6/c1-12-13(2)25(32)22-21(24(12)31)19(17-10-6-7-11-18(17)23(22)30)15-8-4-5-9-16(15)20-26(33)14(3)27(34)29(36)28(20)35/h4-11,31-36H,1-3H3. The van der Waals surface area contributed by atoms with Crippen LogP contribution in [0, 0.1) is 20.8 Å². The second kappa shape index (κ2) is 8.24. The normalized spacial score (nSPS) is 11.4. The van der Waals surface area contributed by atoms with Crippen LogP contribution in [0.3, 0.4) is 0 Å². The van der Waals surface area contributed by atoms with E-state index in [2.05, 4.69) is 15.9 Å². The molecule has 0 atom stereocenters. The van der Waals surface area contributed by atoms with E-state index in [1.807, 2.05) is 24.3 Å². The van der Waals surface area contributed by atoms with Crippen molar-refractivity contribution < 1.29 is 30.6 Å². The van der Waals surface area contributed by atoms with Crippen molar-refractivity contribution in [1.82, 2.24) is 0 Å². The van der Waals surface area contributed by atoms with Gasteiger partial charge in [0.1, 0.15) is 17.2 Å². The number of rotatable bonds is 2. The highest BCUT2D eigenvalue weighted by molar-refractivity contribution is 9.10. The van der Waals surface area contributed by atoms with Gasteiger partial charge in [-0.15, -0.1) is 0 Å². The lowest BCUT2D eigenvalue weighted by Gasteiger charge is -2.22. The molecule has 36 heavy (non-hydrogen) atoms. The molecule has 0 aliphatic heterocycles. The molecule has 5 aromatic rings. The molecule has 6 N–H and O–H groups in total. The number of phenolic OH excluding ortho intramolecular Hbond substituents is 6. The van der Waals surface area contributed by atoms with E-state index >= 15 is 0 Å². The summed E-state index contributed by atoms with van der Waals surface area (Å²) in [6.45, 7) is 4.88. The minimum Gasteiger partial charge on any atom is -0.507 e. The number of fused-ring (bicyclic) bond motifs is 2. The van der Waals surface area contributed by atoms with E-state index in [-0.39, 0.29) is 28.4 Å². The maximum Gasteiger partial charge on any atom is 0.201 e. The van der Waals surface area contributed by atoms with Gasteiger partial charge in [-0.25, -0.2) is 0 Å². The average molecular weight is 547 g/mol. The van der Waals surface area contributed by atoms with Crippen molar-refractivity contribution in [2.45, 2.75) is 20.8 Å². The van der Waals surface area contributed by atoms with Crippen molar-refractivity contribution in [3.05, 3.63) is 69.7 Å². The van der Waals surface area contributed by atoms with Gasteiger partial charge in [0.15, 0.2) is 11.5 Å².